The van der Waals surface area contributed by atoms with Gasteiger partial charge in [-0.15, -0.1) is 0 Å². The first-order valence-corrected chi connectivity index (χ1v) is 13.5. The lowest BCUT2D eigenvalue weighted by molar-refractivity contribution is -0.354. The number of phenolic OH excluding ortho intramolecular Hbond substituents is 2. The van der Waals surface area contributed by atoms with Crippen molar-refractivity contribution in [3.8, 4) is 28.7 Å². The van der Waals surface area contributed by atoms with E-state index in [0.29, 0.717) is 5.56 Å². The second-order valence-electron chi connectivity index (χ2n) is 10.6. The van der Waals surface area contributed by atoms with Crippen LogP contribution in [0, 0.1) is 0 Å². The maximum Gasteiger partial charge on any atom is 0.229 e. The van der Waals surface area contributed by atoms with Crippen molar-refractivity contribution in [3.05, 3.63) is 41.5 Å². The summed E-state index contributed by atoms with van der Waals surface area (Å²) in [5, 5.41) is 82.2. The second-order valence-corrected chi connectivity index (χ2v) is 10.6. The Morgan fingerprint density at radius 1 is 0.884 bits per heavy atom. The van der Waals surface area contributed by atoms with Crippen LogP contribution in [0.25, 0.3) is 0 Å². The van der Waals surface area contributed by atoms with E-state index in [-0.39, 0.29) is 35.0 Å². The van der Waals surface area contributed by atoms with Crippen LogP contribution in [0.15, 0.2) is 30.3 Å². The molecule has 3 heterocycles. The Bertz CT molecular complexity index is 1320. The Morgan fingerprint density at radius 2 is 1.63 bits per heavy atom. The van der Waals surface area contributed by atoms with Gasteiger partial charge < -0.3 is 69.3 Å². The third-order valence-electron chi connectivity index (χ3n) is 7.73. The number of ether oxygens (including phenoxy) is 6. The molecule has 0 amide bonds. The molecule has 2 aromatic carbocycles. The highest BCUT2D eigenvalue weighted by Gasteiger charge is 2.51. The Labute approximate surface area is 245 Å². The first-order chi connectivity index (χ1) is 20.4. The summed E-state index contributed by atoms with van der Waals surface area (Å²) < 4.78 is 33.8. The van der Waals surface area contributed by atoms with Gasteiger partial charge in [0.2, 0.25) is 6.29 Å². The number of aliphatic hydroxyl groups excluding tert-OH is 6. The molecule has 2 aromatic rings. The predicted octanol–water partition coefficient (Wildman–Crippen LogP) is -1.16. The van der Waals surface area contributed by atoms with Gasteiger partial charge in [0.25, 0.3) is 0 Å². The maximum atomic E-state index is 13.0. The van der Waals surface area contributed by atoms with Crippen LogP contribution in [0.5, 0.6) is 28.7 Å². The minimum Gasteiger partial charge on any atom is -0.507 e. The van der Waals surface area contributed by atoms with Gasteiger partial charge in [0.1, 0.15) is 65.5 Å². The number of rotatable bonds is 7. The topological polar surface area (TPSA) is 234 Å². The molecule has 0 bridgehead atoms. The third kappa shape index (κ3) is 5.95. The summed E-state index contributed by atoms with van der Waals surface area (Å²) in [6, 6.07) is 6.84. The van der Waals surface area contributed by atoms with E-state index < -0.39 is 85.7 Å². The lowest BCUT2D eigenvalue weighted by Crippen LogP contribution is -2.64. The third-order valence-corrected chi connectivity index (χ3v) is 7.73. The van der Waals surface area contributed by atoms with E-state index in [9.17, 15) is 45.6 Å². The first-order valence-electron chi connectivity index (χ1n) is 13.5. The molecule has 3 aliphatic heterocycles. The normalized spacial score (nSPS) is 36.0. The molecule has 0 saturated carbocycles. The number of hydrogen-bond acceptors (Lipinski definition) is 15. The predicted molar refractivity (Wildman–Crippen MR) is 141 cm³/mol. The minimum atomic E-state index is -1.76. The molecule has 2 fully saturated rings. The van der Waals surface area contributed by atoms with Crippen LogP contribution in [0.4, 0.5) is 0 Å². The van der Waals surface area contributed by atoms with Crippen LogP contribution >= 0.6 is 0 Å². The second kappa shape index (κ2) is 12.4. The number of hydrogen-bond donors (Lipinski definition) is 8. The van der Waals surface area contributed by atoms with Crippen molar-refractivity contribution in [3.63, 3.8) is 0 Å². The van der Waals surface area contributed by atoms with Gasteiger partial charge in [-0.1, -0.05) is 6.07 Å². The van der Waals surface area contributed by atoms with E-state index in [0.717, 1.165) is 6.07 Å². The minimum absolute atomic E-state index is 0.0483. The lowest BCUT2D eigenvalue weighted by Gasteiger charge is -2.45. The number of carbonyl (C=O) groups is 1. The van der Waals surface area contributed by atoms with Crippen LogP contribution in [0.3, 0.4) is 0 Å². The molecule has 0 aromatic heterocycles. The molecule has 0 unspecified atom stereocenters. The van der Waals surface area contributed by atoms with Crippen molar-refractivity contribution in [2.45, 2.75) is 80.9 Å². The number of methoxy groups -OCH3 is 1. The molecule has 43 heavy (non-hydrogen) atoms. The van der Waals surface area contributed by atoms with Crippen LogP contribution < -0.4 is 14.2 Å². The van der Waals surface area contributed by atoms with E-state index in [1.54, 1.807) is 6.07 Å². The summed E-state index contributed by atoms with van der Waals surface area (Å²) in [4.78, 5) is 13.0. The van der Waals surface area contributed by atoms with E-state index in [1.165, 1.54) is 32.2 Å². The molecular formula is C28H34O15. The molecule has 0 spiro atoms. The molecular weight excluding hydrogens is 576 g/mol. The average molecular weight is 611 g/mol. The summed E-state index contributed by atoms with van der Waals surface area (Å²) in [7, 11) is 1.37. The largest absolute Gasteiger partial charge is 0.507 e. The van der Waals surface area contributed by atoms with E-state index in [4.69, 9.17) is 28.4 Å². The molecule has 15 nitrogen and oxygen atoms in total. The number of fused-ring (bicyclic) bond motifs is 1. The van der Waals surface area contributed by atoms with Crippen LogP contribution in [-0.2, 0) is 14.2 Å². The van der Waals surface area contributed by atoms with Crippen molar-refractivity contribution < 1.29 is 74.1 Å². The zero-order valence-electron chi connectivity index (χ0n) is 23.1. The SMILES string of the molecule is COc1cc([C@@H]2CC(=O)c3c(O)cc(O[C@@H]4O[C@H](CO)[C@@H](O)[C@H](O)[C@@H]4O[C@@H]4O[C@H](C)[C@H](O)[C@@H](O)[C@H]4O)cc3O2)ccc1O. The van der Waals surface area contributed by atoms with Gasteiger partial charge in [0.15, 0.2) is 29.7 Å². The Kier molecular flexibility index (Phi) is 8.99. The number of aliphatic hydroxyl groups is 6. The molecule has 0 aliphatic carbocycles. The number of aromatic hydroxyl groups is 2. The van der Waals surface area contributed by atoms with Crippen LogP contribution in [0.1, 0.15) is 35.4 Å². The summed E-state index contributed by atoms with van der Waals surface area (Å²) in [6.07, 6.45) is -16.3. The van der Waals surface area contributed by atoms with E-state index in [1.807, 2.05) is 0 Å². The fourth-order valence-electron chi connectivity index (χ4n) is 5.27. The Hall–Kier alpha value is -3.25. The Morgan fingerprint density at radius 3 is 2.33 bits per heavy atom. The quantitative estimate of drug-likeness (QED) is 0.185. The van der Waals surface area contributed by atoms with Gasteiger partial charge in [-0.3, -0.25) is 4.79 Å². The molecule has 3 aliphatic rings. The highest BCUT2D eigenvalue weighted by atomic mass is 16.8. The molecule has 0 radical (unpaired) electrons. The van der Waals surface area contributed by atoms with Gasteiger partial charge in [0, 0.05) is 12.1 Å². The Balaban J connectivity index is 1.42. The molecule has 236 valence electrons. The zero-order valence-corrected chi connectivity index (χ0v) is 23.1. The maximum absolute atomic E-state index is 13.0. The fraction of sp³-hybridized carbons (Fsp3) is 0.536. The number of phenols is 2. The van der Waals surface area contributed by atoms with Crippen molar-refractivity contribution in [1.29, 1.82) is 0 Å². The number of carbonyl (C=O) groups excluding carboxylic acids is 1. The van der Waals surface area contributed by atoms with Gasteiger partial charge in [-0.25, -0.2) is 0 Å². The van der Waals surface area contributed by atoms with E-state index in [2.05, 4.69) is 0 Å². The monoisotopic (exact) mass is 610 g/mol. The smallest absolute Gasteiger partial charge is 0.229 e. The summed E-state index contributed by atoms with van der Waals surface area (Å²) in [5.41, 5.74) is 0.412. The van der Waals surface area contributed by atoms with Crippen molar-refractivity contribution in [1.82, 2.24) is 0 Å². The van der Waals surface area contributed by atoms with E-state index >= 15 is 0 Å². The van der Waals surface area contributed by atoms with Crippen molar-refractivity contribution in [2.24, 2.45) is 0 Å². The standard InChI is InChI=1S/C28H34O15/c1-10-21(33)23(35)25(37)27(39-10)43-26-24(36)22(34)19(9-29)42-28(26)40-12-6-14(31)20-15(32)8-16(41-18(20)7-12)11-3-4-13(30)17(5-11)38-2/h3-7,10,16,19,21-31,33-37H,8-9H2,1-2H3/t10-,16+,19-,21+,22-,23-,24+,25-,26+,27+,28-/m1/s1. The van der Waals surface area contributed by atoms with Crippen LogP contribution in [-0.4, -0.2) is 122 Å². The number of Topliss-reactive ketones (excluding diaryl/α,β-unsaturated/α-hetero) is 1. The van der Waals surface area contributed by atoms with Gasteiger partial charge >= 0.3 is 0 Å². The highest BCUT2D eigenvalue weighted by molar-refractivity contribution is 6.02. The van der Waals surface area contributed by atoms with Gasteiger partial charge in [-0.2, -0.15) is 0 Å². The molecule has 8 N–H and O–H groups in total. The first kappa shape index (κ1) is 31.2. The van der Waals surface area contributed by atoms with Crippen molar-refractivity contribution >= 4 is 5.78 Å². The average Bonchev–Trinajstić information content (AvgIpc) is 2.97. The number of benzene rings is 2. The fourth-order valence-corrected chi connectivity index (χ4v) is 5.27. The van der Waals surface area contributed by atoms with Crippen molar-refractivity contribution in [2.75, 3.05) is 13.7 Å². The molecule has 5 rings (SSSR count). The number of ketones is 1. The lowest BCUT2D eigenvalue weighted by atomic mass is 9.95. The van der Waals surface area contributed by atoms with Gasteiger partial charge in [0.05, 0.1) is 26.2 Å². The molecule has 11 atom stereocenters. The highest BCUT2D eigenvalue weighted by Crippen LogP contribution is 2.43. The van der Waals surface area contributed by atoms with Gasteiger partial charge in [-0.05, 0) is 24.6 Å². The summed E-state index contributed by atoms with van der Waals surface area (Å²) >= 11 is 0. The van der Waals surface area contributed by atoms with Crippen LogP contribution in [0.2, 0.25) is 0 Å². The zero-order chi connectivity index (χ0) is 31.2. The molecule has 2 saturated heterocycles. The molecule has 15 heteroatoms. The summed E-state index contributed by atoms with van der Waals surface area (Å²) in [5.74, 6) is -1.03. The summed E-state index contributed by atoms with van der Waals surface area (Å²) in [6.45, 7) is 0.702.